The highest BCUT2D eigenvalue weighted by molar-refractivity contribution is 5.79. The molecule has 0 aromatic heterocycles. The molecule has 0 saturated carbocycles. The van der Waals surface area contributed by atoms with E-state index in [4.69, 9.17) is 14.5 Å². The minimum atomic E-state index is 0.745. The van der Waals surface area contributed by atoms with Gasteiger partial charge in [0.15, 0.2) is 5.96 Å². The molecule has 1 fully saturated rings. The number of aliphatic imine (C=N–C) groups is 1. The van der Waals surface area contributed by atoms with E-state index in [1.165, 1.54) is 24.8 Å². The number of unbranched alkanes of at least 4 members (excludes halogenated alkanes) is 1. The second-order valence-corrected chi connectivity index (χ2v) is 7.37. The second kappa shape index (κ2) is 12.6. The molecule has 0 aliphatic carbocycles. The zero-order valence-corrected chi connectivity index (χ0v) is 17.4. The number of rotatable bonds is 10. The van der Waals surface area contributed by atoms with E-state index in [-0.39, 0.29) is 0 Å². The van der Waals surface area contributed by atoms with Gasteiger partial charge in [-0.1, -0.05) is 17.7 Å². The van der Waals surface area contributed by atoms with Gasteiger partial charge in [-0.2, -0.15) is 0 Å². The summed E-state index contributed by atoms with van der Waals surface area (Å²) in [6.07, 6.45) is 5.66. The lowest BCUT2D eigenvalue weighted by atomic mass is 9.96. The van der Waals surface area contributed by atoms with Gasteiger partial charge in [-0.25, -0.2) is 0 Å². The number of guanidine groups is 1. The largest absolute Gasteiger partial charge is 0.494 e. The van der Waals surface area contributed by atoms with Crippen LogP contribution in [0.3, 0.4) is 0 Å². The van der Waals surface area contributed by atoms with Crippen LogP contribution in [0.2, 0.25) is 0 Å². The summed E-state index contributed by atoms with van der Waals surface area (Å²) in [5, 5.41) is 3.41. The predicted octanol–water partition coefficient (Wildman–Crippen LogP) is 3.87. The summed E-state index contributed by atoms with van der Waals surface area (Å²) in [7, 11) is 2.14. The first-order chi connectivity index (χ1) is 13.2. The van der Waals surface area contributed by atoms with Gasteiger partial charge in [-0.15, -0.1) is 0 Å². The van der Waals surface area contributed by atoms with E-state index in [1.807, 2.05) is 12.1 Å². The molecule has 1 aliphatic rings. The molecule has 5 nitrogen and oxygen atoms in total. The third kappa shape index (κ3) is 8.65. The average molecular weight is 376 g/mol. The molecule has 1 saturated heterocycles. The fourth-order valence-electron chi connectivity index (χ4n) is 3.21. The Bertz CT molecular complexity index is 539. The van der Waals surface area contributed by atoms with Gasteiger partial charge in [-0.05, 0) is 64.0 Å². The first-order valence-corrected chi connectivity index (χ1v) is 10.5. The topological polar surface area (TPSA) is 46.1 Å². The van der Waals surface area contributed by atoms with Crippen LogP contribution in [0.1, 0.15) is 44.6 Å². The number of ether oxygens (including phenoxy) is 2. The van der Waals surface area contributed by atoms with Crippen molar-refractivity contribution in [2.75, 3.05) is 46.5 Å². The first kappa shape index (κ1) is 21.5. The van der Waals surface area contributed by atoms with E-state index < -0.39 is 0 Å². The normalized spacial score (nSPS) is 15.6. The van der Waals surface area contributed by atoms with E-state index in [2.05, 4.69) is 43.2 Å². The first-order valence-electron chi connectivity index (χ1n) is 10.5. The van der Waals surface area contributed by atoms with Gasteiger partial charge in [0.2, 0.25) is 0 Å². The van der Waals surface area contributed by atoms with Gasteiger partial charge in [0.1, 0.15) is 5.75 Å². The minimum absolute atomic E-state index is 0.745. The Morgan fingerprint density at radius 2 is 1.96 bits per heavy atom. The number of hydrogen-bond acceptors (Lipinski definition) is 3. The van der Waals surface area contributed by atoms with Crippen molar-refractivity contribution >= 4 is 5.96 Å². The number of nitrogens with one attached hydrogen (secondary N) is 1. The van der Waals surface area contributed by atoms with Gasteiger partial charge < -0.3 is 19.7 Å². The molecule has 1 aromatic rings. The fraction of sp³-hybridized carbons (Fsp3) is 0.682. The summed E-state index contributed by atoms with van der Waals surface area (Å²) in [6, 6.07) is 8.23. The van der Waals surface area contributed by atoms with Crippen molar-refractivity contribution in [1.29, 1.82) is 0 Å². The molecule has 0 bridgehead atoms. The van der Waals surface area contributed by atoms with Crippen LogP contribution in [-0.2, 0) is 4.74 Å². The Morgan fingerprint density at radius 3 is 2.67 bits per heavy atom. The van der Waals surface area contributed by atoms with Crippen LogP contribution in [0.25, 0.3) is 0 Å². The Labute approximate surface area is 165 Å². The van der Waals surface area contributed by atoms with E-state index >= 15 is 0 Å². The fourth-order valence-corrected chi connectivity index (χ4v) is 3.21. The Kier molecular flexibility index (Phi) is 10.1. The molecular weight excluding hydrogens is 338 g/mol. The lowest BCUT2D eigenvalue weighted by Crippen LogP contribution is -2.40. The maximum Gasteiger partial charge on any atom is 0.193 e. The molecule has 0 unspecified atom stereocenters. The SMILES string of the molecule is CCNC(=NCCCCOc1ccc(C)cc1)N(C)CCC1CCOCC1. The van der Waals surface area contributed by atoms with E-state index in [0.717, 1.165) is 69.9 Å². The molecule has 152 valence electrons. The molecule has 2 rings (SSSR count). The molecule has 1 heterocycles. The molecule has 1 aromatic carbocycles. The van der Waals surface area contributed by atoms with Crippen LogP contribution >= 0.6 is 0 Å². The Hall–Kier alpha value is -1.75. The van der Waals surface area contributed by atoms with Gasteiger partial charge in [0.25, 0.3) is 0 Å². The zero-order chi connectivity index (χ0) is 19.3. The van der Waals surface area contributed by atoms with Crippen LogP contribution < -0.4 is 10.1 Å². The van der Waals surface area contributed by atoms with E-state index in [9.17, 15) is 0 Å². The molecular formula is C22H37N3O2. The molecule has 1 aliphatic heterocycles. The summed E-state index contributed by atoms with van der Waals surface area (Å²) in [6.45, 7) is 9.59. The predicted molar refractivity (Wildman–Crippen MR) is 113 cm³/mol. The van der Waals surface area contributed by atoms with Crippen LogP contribution in [0.5, 0.6) is 5.75 Å². The number of nitrogens with zero attached hydrogens (tertiary/aromatic N) is 2. The van der Waals surface area contributed by atoms with Gasteiger partial charge in [0, 0.05) is 39.9 Å². The second-order valence-electron chi connectivity index (χ2n) is 7.37. The average Bonchev–Trinajstić information content (AvgIpc) is 2.70. The van der Waals surface area contributed by atoms with Crippen molar-refractivity contribution in [3.05, 3.63) is 29.8 Å². The number of hydrogen-bond donors (Lipinski definition) is 1. The maximum atomic E-state index is 5.78. The maximum absolute atomic E-state index is 5.78. The third-order valence-electron chi connectivity index (χ3n) is 5.01. The highest BCUT2D eigenvalue weighted by Crippen LogP contribution is 2.18. The summed E-state index contributed by atoms with van der Waals surface area (Å²) < 4.78 is 11.2. The van der Waals surface area contributed by atoms with Crippen molar-refractivity contribution in [1.82, 2.24) is 10.2 Å². The monoisotopic (exact) mass is 375 g/mol. The summed E-state index contributed by atoms with van der Waals surface area (Å²) in [5.74, 6) is 2.76. The van der Waals surface area contributed by atoms with Crippen LogP contribution in [0.4, 0.5) is 0 Å². The summed E-state index contributed by atoms with van der Waals surface area (Å²) in [5.41, 5.74) is 1.26. The number of benzene rings is 1. The molecule has 0 radical (unpaired) electrons. The molecule has 0 amide bonds. The Balaban J connectivity index is 1.64. The van der Waals surface area contributed by atoms with Crippen molar-refractivity contribution in [3.8, 4) is 5.75 Å². The van der Waals surface area contributed by atoms with Gasteiger partial charge in [0.05, 0.1) is 6.61 Å². The van der Waals surface area contributed by atoms with Crippen molar-refractivity contribution in [3.63, 3.8) is 0 Å². The van der Waals surface area contributed by atoms with Gasteiger partial charge >= 0.3 is 0 Å². The van der Waals surface area contributed by atoms with Crippen molar-refractivity contribution < 1.29 is 9.47 Å². The molecule has 27 heavy (non-hydrogen) atoms. The standard InChI is InChI=1S/C22H37N3O2/c1-4-23-22(25(3)15-11-20-12-17-26-18-13-20)24-14-5-6-16-27-21-9-7-19(2)8-10-21/h7-10,20H,4-6,11-18H2,1-3H3,(H,23,24). The molecule has 0 spiro atoms. The van der Waals surface area contributed by atoms with E-state index in [0.29, 0.717) is 0 Å². The molecule has 1 N–H and O–H groups in total. The summed E-state index contributed by atoms with van der Waals surface area (Å²) in [4.78, 5) is 7.05. The van der Waals surface area contributed by atoms with E-state index in [1.54, 1.807) is 0 Å². The Morgan fingerprint density at radius 1 is 1.22 bits per heavy atom. The van der Waals surface area contributed by atoms with Gasteiger partial charge in [-0.3, -0.25) is 4.99 Å². The van der Waals surface area contributed by atoms with Crippen LogP contribution in [-0.4, -0.2) is 57.4 Å². The van der Waals surface area contributed by atoms with Crippen molar-refractivity contribution in [2.45, 2.75) is 46.0 Å². The lowest BCUT2D eigenvalue weighted by Gasteiger charge is -2.26. The minimum Gasteiger partial charge on any atom is -0.494 e. The van der Waals surface area contributed by atoms with Crippen LogP contribution in [0.15, 0.2) is 29.3 Å². The van der Waals surface area contributed by atoms with Crippen LogP contribution in [0, 0.1) is 12.8 Å². The third-order valence-corrected chi connectivity index (χ3v) is 5.01. The molecule has 5 heteroatoms. The summed E-state index contributed by atoms with van der Waals surface area (Å²) >= 11 is 0. The smallest absolute Gasteiger partial charge is 0.193 e. The zero-order valence-electron chi connectivity index (χ0n) is 17.4. The van der Waals surface area contributed by atoms with Crippen molar-refractivity contribution in [2.24, 2.45) is 10.9 Å². The highest BCUT2D eigenvalue weighted by Gasteiger charge is 2.15. The molecule has 0 atom stereocenters. The number of aryl methyl sites for hydroxylation is 1. The lowest BCUT2D eigenvalue weighted by molar-refractivity contribution is 0.0625. The highest BCUT2D eigenvalue weighted by atomic mass is 16.5. The quantitative estimate of drug-likeness (QED) is 0.383.